The van der Waals surface area contributed by atoms with Crippen LogP contribution in [0, 0.1) is 13.8 Å². The summed E-state index contributed by atoms with van der Waals surface area (Å²) in [4.78, 5) is 0.277. The van der Waals surface area contributed by atoms with Crippen molar-refractivity contribution in [3.63, 3.8) is 0 Å². The number of sulfonamides is 1. The van der Waals surface area contributed by atoms with Crippen molar-refractivity contribution in [2.24, 2.45) is 5.73 Å². The third-order valence-electron chi connectivity index (χ3n) is 2.47. The van der Waals surface area contributed by atoms with Crippen LogP contribution in [0.2, 0.25) is 0 Å². The standard InChI is InChI=1S/C10H20N4O2S/c1-4-6-12-17(15,16)10-8(2)13-14(7-5-11)9(10)3/h12H,4-7,11H2,1-3H3. The lowest BCUT2D eigenvalue weighted by Gasteiger charge is -2.06. The molecule has 3 N–H and O–H groups in total. The zero-order chi connectivity index (χ0) is 13.1. The molecule has 0 amide bonds. The number of aromatic nitrogens is 2. The number of hydrogen-bond donors (Lipinski definition) is 2. The lowest BCUT2D eigenvalue weighted by Crippen LogP contribution is -2.25. The van der Waals surface area contributed by atoms with Gasteiger partial charge in [0.2, 0.25) is 10.0 Å². The first-order valence-electron chi connectivity index (χ1n) is 5.67. The first kappa shape index (κ1) is 14.1. The monoisotopic (exact) mass is 260 g/mol. The van der Waals surface area contributed by atoms with Gasteiger partial charge < -0.3 is 5.73 Å². The highest BCUT2D eigenvalue weighted by atomic mass is 32.2. The van der Waals surface area contributed by atoms with Gasteiger partial charge in [-0.15, -0.1) is 0 Å². The highest BCUT2D eigenvalue weighted by Gasteiger charge is 2.23. The Kier molecular flexibility index (Phi) is 4.67. The van der Waals surface area contributed by atoms with Crippen molar-refractivity contribution in [2.45, 2.75) is 38.6 Å². The molecule has 0 aliphatic heterocycles. The highest BCUT2D eigenvalue weighted by molar-refractivity contribution is 7.89. The van der Waals surface area contributed by atoms with E-state index < -0.39 is 10.0 Å². The molecular formula is C10H20N4O2S. The quantitative estimate of drug-likeness (QED) is 0.761. The van der Waals surface area contributed by atoms with E-state index >= 15 is 0 Å². The van der Waals surface area contributed by atoms with E-state index in [0.29, 0.717) is 31.0 Å². The van der Waals surface area contributed by atoms with Crippen LogP contribution in [0.4, 0.5) is 0 Å². The van der Waals surface area contributed by atoms with Crippen molar-refractivity contribution in [1.82, 2.24) is 14.5 Å². The minimum Gasteiger partial charge on any atom is -0.329 e. The minimum atomic E-state index is -3.46. The van der Waals surface area contributed by atoms with Gasteiger partial charge in [0.15, 0.2) is 0 Å². The van der Waals surface area contributed by atoms with Crippen LogP contribution in [0.15, 0.2) is 4.90 Å². The Morgan fingerprint density at radius 1 is 1.41 bits per heavy atom. The van der Waals surface area contributed by atoms with Crippen LogP contribution in [-0.2, 0) is 16.6 Å². The SMILES string of the molecule is CCCNS(=O)(=O)c1c(C)nn(CCN)c1C. The molecule has 0 fully saturated rings. The molecule has 1 rings (SSSR count). The van der Waals surface area contributed by atoms with Gasteiger partial charge in [-0.2, -0.15) is 5.10 Å². The van der Waals surface area contributed by atoms with E-state index in [0.717, 1.165) is 6.42 Å². The number of hydrogen-bond acceptors (Lipinski definition) is 4. The van der Waals surface area contributed by atoms with E-state index in [1.54, 1.807) is 18.5 Å². The Bertz CT molecular complexity index is 479. The number of rotatable bonds is 6. The summed E-state index contributed by atoms with van der Waals surface area (Å²) in [6.07, 6.45) is 0.758. The molecule has 0 atom stereocenters. The predicted octanol–water partition coefficient (Wildman–Crippen LogP) is 0.147. The van der Waals surface area contributed by atoms with Crippen LogP contribution in [0.25, 0.3) is 0 Å². The van der Waals surface area contributed by atoms with Crippen molar-refractivity contribution in [1.29, 1.82) is 0 Å². The van der Waals surface area contributed by atoms with Gasteiger partial charge in [-0.3, -0.25) is 4.68 Å². The Morgan fingerprint density at radius 3 is 2.59 bits per heavy atom. The van der Waals surface area contributed by atoms with E-state index in [2.05, 4.69) is 9.82 Å². The maximum atomic E-state index is 12.1. The van der Waals surface area contributed by atoms with Crippen molar-refractivity contribution in [3.8, 4) is 0 Å². The van der Waals surface area contributed by atoms with Crippen LogP contribution >= 0.6 is 0 Å². The first-order chi connectivity index (χ1) is 7.94. The molecule has 6 nitrogen and oxygen atoms in total. The molecule has 0 saturated carbocycles. The topological polar surface area (TPSA) is 90.0 Å². The Balaban J connectivity index is 3.13. The van der Waals surface area contributed by atoms with Gasteiger partial charge in [-0.1, -0.05) is 6.92 Å². The van der Waals surface area contributed by atoms with E-state index in [4.69, 9.17) is 5.73 Å². The van der Waals surface area contributed by atoms with Crippen LogP contribution in [0.3, 0.4) is 0 Å². The van der Waals surface area contributed by atoms with Gasteiger partial charge in [0.05, 0.1) is 17.9 Å². The molecule has 1 aromatic rings. The predicted molar refractivity (Wildman–Crippen MR) is 66.2 cm³/mol. The second kappa shape index (κ2) is 5.61. The zero-order valence-electron chi connectivity index (χ0n) is 10.5. The van der Waals surface area contributed by atoms with Crippen molar-refractivity contribution < 1.29 is 8.42 Å². The fourth-order valence-electron chi connectivity index (χ4n) is 1.72. The fraction of sp³-hybridized carbons (Fsp3) is 0.700. The van der Waals surface area contributed by atoms with E-state index in [9.17, 15) is 8.42 Å². The summed E-state index contributed by atoms with van der Waals surface area (Å²) in [6, 6.07) is 0. The van der Waals surface area contributed by atoms with Crippen molar-refractivity contribution in [2.75, 3.05) is 13.1 Å². The number of nitrogens with zero attached hydrogens (tertiary/aromatic N) is 2. The third kappa shape index (κ3) is 3.05. The Labute approximate surface area is 102 Å². The van der Waals surface area contributed by atoms with Gasteiger partial charge in [-0.05, 0) is 20.3 Å². The molecule has 0 spiro atoms. The molecule has 98 valence electrons. The molecule has 0 aromatic carbocycles. The molecule has 0 aliphatic rings. The number of aryl methyl sites for hydroxylation is 1. The van der Waals surface area contributed by atoms with Crippen LogP contribution in [0.1, 0.15) is 24.7 Å². The summed E-state index contributed by atoms with van der Waals surface area (Å²) in [5.74, 6) is 0. The average molecular weight is 260 g/mol. The van der Waals surface area contributed by atoms with E-state index in [1.165, 1.54) is 0 Å². The van der Waals surface area contributed by atoms with Gasteiger partial charge in [0.25, 0.3) is 0 Å². The summed E-state index contributed by atoms with van der Waals surface area (Å²) >= 11 is 0. The molecule has 17 heavy (non-hydrogen) atoms. The summed E-state index contributed by atoms with van der Waals surface area (Å²) in [5, 5.41) is 4.19. The second-order valence-electron chi connectivity index (χ2n) is 3.91. The molecule has 0 unspecified atom stereocenters. The largest absolute Gasteiger partial charge is 0.329 e. The van der Waals surface area contributed by atoms with Gasteiger partial charge in [-0.25, -0.2) is 13.1 Å². The van der Waals surface area contributed by atoms with E-state index in [1.807, 2.05) is 6.92 Å². The Hall–Kier alpha value is -0.920. The molecule has 0 bridgehead atoms. The van der Waals surface area contributed by atoms with Crippen molar-refractivity contribution >= 4 is 10.0 Å². The lowest BCUT2D eigenvalue weighted by molar-refractivity contribution is 0.577. The second-order valence-corrected chi connectivity index (χ2v) is 5.61. The maximum Gasteiger partial charge on any atom is 0.244 e. The minimum absolute atomic E-state index is 0.277. The highest BCUT2D eigenvalue weighted by Crippen LogP contribution is 2.18. The molecule has 0 aliphatic carbocycles. The molecular weight excluding hydrogens is 240 g/mol. The van der Waals surface area contributed by atoms with Gasteiger partial charge in [0, 0.05) is 13.1 Å². The third-order valence-corrected chi connectivity index (χ3v) is 4.18. The molecule has 0 radical (unpaired) electrons. The lowest BCUT2D eigenvalue weighted by atomic mass is 10.4. The summed E-state index contributed by atoms with van der Waals surface area (Å²) in [7, 11) is -3.46. The van der Waals surface area contributed by atoms with Crippen LogP contribution < -0.4 is 10.5 Å². The summed E-state index contributed by atoms with van der Waals surface area (Å²) in [6.45, 7) is 6.75. The summed E-state index contributed by atoms with van der Waals surface area (Å²) < 4.78 is 28.3. The number of nitrogens with one attached hydrogen (secondary N) is 1. The maximum absolute atomic E-state index is 12.1. The normalized spacial score (nSPS) is 12.0. The van der Waals surface area contributed by atoms with E-state index in [-0.39, 0.29) is 4.90 Å². The smallest absolute Gasteiger partial charge is 0.244 e. The first-order valence-corrected chi connectivity index (χ1v) is 7.16. The molecule has 1 aromatic heterocycles. The number of nitrogens with two attached hydrogens (primary N) is 1. The van der Waals surface area contributed by atoms with Crippen LogP contribution in [0.5, 0.6) is 0 Å². The molecule has 1 heterocycles. The molecule has 7 heteroatoms. The van der Waals surface area contributed by atoms with Gasteiger partial charge in [0.1, 0.15) is 4.90 Å². The summed E-state index contributed by atoms with van der Waals surface area (Å²) in [5.41, 5.74) is 6.60. The fourth-order valence-corrected chi connectivity index (χ4v) is 3.26. The van der Waals surface area contributed by atoms with Crippen LogP contribution in [-0.4, -0.2) is 31.3 Å². The van der Waals surface area contributed by atoms with Gasteiger partial charge >= 0.3 is 0 Å². The average Bonchev–Trinajstić information content (AvgIpc) is 2.52. The van der Waals surface area contributed by atoms with Crippen molar-refractivity contribution in [3.05, 3.63) is 11.4 Å². The Morgan fingerprint density at radius 2 is 2.06 bits per heavy atom. The zero-order valence-corrected chi connectivity index (χ0v) is 11.3. The molecule has 0 saturated heterocycles.